The number of rotatable bonds is 6. The van der Waals surface area contributed by atoms with Crippen LogP contribution in [0.5, 0.6) is 0 Å². The van der Waals surface area contributed by atoms with Gasteiger partial charge in [-0.05, 0) is 48.6 Å². The first kappa shape index (κ1) is 11.2. The number of aliphatic hydroxyl groups excluding tert-OH is 1. The maximum atomic E-state index is 9.76. The van der Waals surface area contributed by atoms with Crippen LogP contribution in [0, 0.1) is 5.92 Å². The predicted octanol–water partition coefficient (Wildman–Crippen LogP) is 2.42. The SMILES string of the molecule is OC(CNCc1cccc(C2CC2)c1)C1CC1. The van der Waals surface area contributed by atoms with Crippen LogP contribution < -0.4 is 5.32 Å². The first-order valence-corrected chi connectivity index (χ1v) is 6.80. The molecule has 0 bridgehead atoms. The van der Waals surface area contributed by atoms with Gasteiger partial charge in [0, 0.05) is 13.1 Å². The van der Waals surface area contributed by atoms with Gasteiger partial charge in [0.05, 0.1) is 6.10 Å². The van der Waals surface area contributed by atoms with Crippen molar-refractivity contribution in [2.45, 2.75) is 44.2 Å². The Labute approximate surface area is 103 Å². The first-order chi connectivity index (χ1) is 8.33. The summed E-state index contributed by atoms with van der Waals surface area (Å²) < 4.78 is 0. The molecule has 17 heavy (non-hydrogen) atoms. The number of benzene rings is 1. The van der Waals surface area contributed by atoms with Crippen LogP contribution in [0.2, 0.25) is 0 Å². The Hall–Kier alpha value is -0.860. The van der Waals surface area contributed by atoms with E-state index in [-0.39, 0.29) is 6.10 Å². The number of hydrogen-bond acceptors (Lipinski definition) is 2. The molecule has 1 aromatic rings. The van der Waals surface area contributed by atoms with Gasteiger partial charge in [-0.2, -0.15) is 0 Å². The molecule has 2 heteroatoms. The van der Waals surface area contributed by atoms with Crippen LogP contribution in [-0.4, -0.2) is 17.8 Å². The van der Waals surface area contributed by atoms with Gasteiger partial charge < -0.3 is 10.4 Å². The Kier molecular flexibility index (Phi) is 3.17. The molecule has 0 aromatic heterocycles. The first-order valence-electron chi connectivity index (χ1n) is 6.80. The molecule has 2 nitrogen and oxygen atoms in total. The second kappa shape index (κ2) is 4.79. The van der Waals surface area contributed by atoms with Gasteiger partial charge >= 0.3 is 0 Å². The van der Waals surface area contributed by atoms with E-state index in [1.807, 2.05) is 0 Å². The van der Waals surface area contributed by atoms with E-state index in [1.54, 1.807) is 0 Å². The molecule has 2 saturated carbocycles. The van der Waals surface area contributed by atoms with Crippen molar-refractivity contribution in [1.82, 2.24) is 5.32 Å². The molecule has 2 aliphatic carbocycles. The molecule has 1 aromatic carbocycles. The Morgan fingerprint density at radius 1 is 1.24 bits per heavy atom. The fraction of sp³-hybridized carbons (Fsp3) is 0.600. The van der Waals surface area contributed by atoms with E-state index in [1.165, 1.54) is 36.8 Å². The fourth-order valence-corrected chi connectivity index (χ4v) is 2.39. The lowest BCUT2D eigenvalue weighted by atomic mass is 10.1. The Morgan fingerprint density at radius 2 is 2.06 bits per heavy atom. The zero-order chi connectivity index (χ0) is 11.7. The lowest BCUT2D eigenvalue weighted by Gasteiger charge is -2.11. The normalized spacial score (nSPS) is 21.5. The highest BCUT2D eigenvalue weighted by atomic mass is 16.3. The minimum absolute atomic E-state index is 0.137. The second-order valence-corrected chi connectivity index (χ2v) is 5.55. The number of nitrogens with one attached hydrogen (secondary N) is 1. The summed E-state index contributed by atoms with van der Waals surface area (Å²) in [7, 11) is 0. The highest BCUT2D eigenvalue weighted by Gasteiger charge is 2.29. The minimum Gasteiger partial charge on any atom is -0.392 e. The molecule has 0 aliphatic heterocycles. The molecule has 0 amide bonds. The maximum absolute atomic E-state index is 9.76. The summed E-state index contributed by atoms with van der Waals surface area (Å²) in [5, 5.41) is 13.1. The molecular weight excluding hydrogens is 210 g/mol. The van der Waals surface area contributed by atoms with Gasteiger partial charge in [-0.15, -0.1) is 0 Å². The highest BCUT2D eigenvalue weighted by Crippen LogP contribution is 2.40. The van der Waals surface area contributed by atoms with E-state index in [4.69, 9.17) is 0 Å². The molecule has 0 heterocycles. The third kappa shape index (κ3) is 3.08. The molecule has 2 N–H and O–H groups in total. The van der Waals surface area contributed by atoms with Gasteiger partial charge in [0.1, 0.15) is 0 Å². The average Bonchev–Trinajstić information content (AvgIpc) is 3.19. The summed E-state index contributed by atoms with van der Waals surface area (Å²) in [5.74, 6) is 1.40. The lowest BCUT2D eigenvalue weighted by molar-refractivity contribution is 0.148. The second-order valence-electron chi connectivity index (χ2n) is 5.55. The van der Waals surface area contributed by atoms with Crippen LogP contribution in [0.1, 0.15) is 42.7 Å². The summed E-state index contributed by atoms with van der Waals surface area (Å²) in [6.07, 6.45) is 5.00. The van der Waals surface area contributed by atoms with Crippen LogP contribution in [0.25, 0.3) is 0 Å². The van der Waals surface area contributed by atoms with Crippen LogP contribution in [0.3, 0.4) is 0 Å². The van der Waals surface area contributed by atoms with Crippen molar-refractivity contribution in [2.24, 2.45) is 5.92 Å². The smallest absolute Gasteiger partial charge is 0.0692 e. The minimum atomic E-state index is -0.137. The molecular formula is C15H21NO. The van der Waals surface area contributed by atoms with E-state index in [9.17, 15) is 5.11 Å². The predicted molar refractivity (Wildman–Crippen MR) is 68.9 cm³/mol. The summed E-state index contributed by atoms with van der Waals surface area (Å²) in [5.41, 5.74) is 2.84. The summed E-state index contributed by atoms with van der Waals surface area (Å²) in [6.45, 7) is 1.61. The Morgan fingerprint density at radius 3 is 2.76 bits per heavy atom. The summed E-state index contributed by atoms with van der Waals surface area (Å²) in [4.78, 5) is 0. The molecule has 3 rings (SSSR count). The fourth-order valence-electron chi connectivity index (χ4n) is 2.39. The highest BCUT2D eigenvalue weighted by molar-refractivity contribution is 5.29. The van der Waals surface area contributed by atoms with Crippen LogP contribution in [0.15, 0.2) is 24.3 Å². The molecule has 1 atom stereocenters. The van der Waals surface area contributed by atoms with Crippen molar-refractivity contribution in [3.63, 3.8) is 0 Å². The number of aliphatic hydroxyl groups is 1. The quantitative estimate of drug-likeness (QED) is 0.788. The van der Waals surface area contributed by atoms with Crippen molar-refractivity contribution < 1.29 is 5.11 Å². The summed E-state index contributed by atoms with van der Waals surface area (Å²) >= 11 is 0. The van der Waals surface area contributed by atoms with E-state index in [0.29, 0.717) is 5.92 Å². The molecule has 2 aliphatic rings. The van der Waals surface area contributed by atoms with Crippen LogP contribution in [-0.2, 0) is 6.54 Å². The van der Waals surface area contributed by atoms with E-state index < -0.39 is 0 Å². The Balaban J connectivity index is 1.48. The lowest BCUT2D eigenvalue weighted by Crippen LogP contribution is -2.27. The van der Waals surface area contributed by atoms with Gasteiger partial charge in [-0.25, -0.2) is 0 Å². The average molecular weight is 231 g/mol. The van der Waals surface area contributed by atoms with Crippen molar-refractivity contribution in [1.29, 1.82) is 0 Å². The standard InChI is InChI=1S/C15H21NO/c17-15(13-6-7-13)10-16-9-11-2-1-3-14(8-11)12-4-5-12/h1-3,8,12-13,15-17H,4-7,9-10H2. The maximum Gasteiger partial charge on any atom is 0.0692 e. The molecule has 92 valence electrons. The van der Waals surface area contributed by atoms with Gasteiger partial charge in [0.25, 0.3) is 0 Å². The van der Waals surface area contributed by atoms with Crippen molar-refractivity contribution >= 4 is 0 Å². The molecule has 0 saturated heterocycles. The third-order valence-electron chi connectivity index (χ3n) is 3.85. The van der Waals surface area contributed by atoms with E-state index >= 15 is 0 Å². The summed E-state index contributed by atoms with van der Waals surface area (Å²) in [6, 6.07) is 8.87. The van der Waals surface area contributed by atoms with Gasteiger partial charge in [-0.3, -0.25) is 0 Å². The zero-order valence-electron chi connectivity index (χ0n) is 10.2. The largest absolute Gasteiger partial charge is 0.392 e. The molecule has 1 unspecified atom stereocenters. The monoisotopic (exact) mass is 231 g/mol. The van der Waals surface area contributed by atoms with Crippen LogP contribution >= 0.6 is 0 Å². The van der Waals surface area contributed by atoms with Crippen molar-refractivity contribution in [2.75, 3.05) is 6.54 Å². The van der Waals surface area contributed by atoms with E-state index in [0.717, 1.165) is 19.0 Å². The van der Waals surface area contributed by atoms with Crippen molar-refractivity contribution in [3.8, 4) is 0 Å². The Bertz CT molecular complexity index is 382. The zero-order valence-corrected chi connectivity index (χ0v) is 10.2. The van der Waals surface area contributed by atoms with Gasteiger partial charge in [0.2, 0.25) is 0 Å². The van der Waals surface area contributed by atoms with Gasteiger partial charge in [0.15, 0.2) is 0 Å². The topological polar surface area (TPSA) is 32.3 Å². The van der Waals surface area contributed by atoms with Crippen LogP contribution in [0.4, 0.5) is 0 Å². The van der Waals surface area contributed by atoms with Crippen molar-refractivity contribution in [3.05, 3.63) is 35.4 Å². The third-order valence-corrected chi connectivity index (χ3v) is 3.85. The number of hydrogen-bond donors (Lipinski definition) is 2. The molecule has 0 spiro atoms. The van der Waals surface area contributed by atoms with E-state index in [2.05, 4.69) is 29.6 Å². The molecule has 0 radical (unpaired) electrons. The van der Waals surface area contributed by atoms with Gasteiger partial charge in [-0.1, -0.05) is 24.3 Å². The molecule has 2 fully saturated rings.